The Bertz CT molecular complexity index is 1380. The van der Waals surface area contributed by atoms with Crippen molar-refractivity contribution in [3.63, 3.8) is 0 Å². The van der Waals surface area contributed by atoms with Crippen LogP contribution >= 0.6 is 0 Å². The first-order chi connectivity index (χ1) is 18.9. The van der Waals surface area contributed by atoms with Crippen LogP contribution in [0.4, 0.5) is 37.7 Å². The number of ether oxygens (including phenoxy) is 1. The molecule has 1 aliphatic rings. The summed E-state index contributed by atoms with van der Waals surface area (Å²) in [6, 6.07) is 10.7. The van der Waals surface area contributed by atoms with Gasteiger partial charge in [-0.2, -0.15) is 26.3 Å². The maximum absolute atomic E-state index is 13.5. The summed E-state index contributed by atoms with van der Waals surface area (Å²) in [4.78, 5) is 2.22. The molecule has 0 amide bonds. The number of methoxy groups -OCH3 is 1. The van der Waals surface area contributed by atoms with Crippen molar-refractivity contribution in [3.8, 4) is 17.6 Å². The number of hydrogen-bond donors (Lipinski definition) is 2. The highest BCUT2D eigenvalue weighted by Crippen LogP contribution is 2.35. The first kappa shape index (κ1) is 29.5. The van der Waals surface area contributed by atoms with Gasteiger partial charge >= 0.3 is 12.4 Å². The van der Waals surface area contributed by atoms with Gasteiger partial charge in [0.1, 0.15) is 12.3 Å². The second-order valence-corrected chi connectivity index (χ2v) is 10.2. The van der Waals surface area contributed by atoms with Crippen LogP contribution in [0.2, 0.25) is 0 Å². The third-order valence-corrected chi connectivity index (χ3v) is 7.18. The highest BCUT2D eigenvalue weighted by atomic mass is 19.4. The molecule has 0 unspecified atom stereocenters. The molecule has 1 aliphatic carbocycles. The molecule has 1 heterocycles. The maximum atomic E-state index is 13.5. The Hall–Kier alpha value is -3.52. The molecule has 1 fully saturated rings. The van der Waals surface area contributed by atoms with Crippen LogP contribution in [-0.4, -0.2) is 55.5 Å². The number of fused-ring (bicyclic) bond motifs is 1. The van der Waals surface area contributed by atoms with E-state index >= 15 is 0 Å². The van der Waals surface area contributed by atoms with Gasteiger partial charge in [0.2, 0.25) is 0 Å². The first-order valence-corrected chi connectivity index (χ1v) is 13.0. The Labute approximate surface area is 229 Å². The molecule has 5 nitrogen and oxygen atoms in total. The lowest BCUT2D eigenvalue weighted by atomic mass is 9.90. The molecule has 0 atom stereocenters. The molecule has 40 heavy (non-hydrogen) atoms. The summed E-state index contributed by atoms with van der Waals surface area (Å²) in [5.41, 5.74) is 0.816. The van der Waals surface area contributed by atoms with E-state index in [0.717, 1.165) is 48.1 Å². The van der Waals surface area contributed by atoms with Gasteiger partial charge in [0.05, 0.1) is 36.1 Å². The summed E-state index contributed by atoms with van der Waals surface area (Å²) in [6.45, 7) is -1.21. The predicted octanol–water partition coefficient (Wildman–Crippen LogP) is 6.98. The van der Waals surface area contributed by atoms with E-state index in [-0.39, 0.29) is 29.7 Å². The van der Waals surface area contributed by atoms with Gasteiger partial charge in [0, 0.05) is 23.2 Å². The molecule has 0 radical (unpaired) electrons. The van der Waals surface area contributed by atoms with Gasteiger partial charge in [0.15, 0.2) is 0 Å². The molecule has 1 saturated carbocycles. The molecule has 216 valence electrons. The summed E-state index contributed by atoms with van der Waals surface area (Å²) in [5.74, 6) is 5.60. The van der Waals surface area contributed by atoms with Crippen LogP contribution in [-0.2, 0) is 12.7 Å². The van der Waals surface area contributed by atoms with Crippen LogP contribution in [0.25, 0.3) is 10.9 Å². The van der Waals surface area contributed by atoms with Crippen molar-refractivity contribution >= 4 is 22.3 Å². The van der Waals surface area contributed by atoms with Gasteiger partial charge in [-0.25, -0.2) is 0 Å². The number of halogens is 6. The second-order valence-electron chi connectivity index (χ2n) is 10.2. The van der Waals surface area contributed by atoms with Crippen LogP contribution in [0, 0.1) is 11.8 Å². The third-order valence-electron chi connectivity index (χ3n) is 7.18. The molecule has 0 saturated heterocycles. The zero-order chi connectivity index (χ0) is 29.1. The molecule has 3 aromatic rings. The highest BCUT2D eigenvalue weighted by Gasteiger charge is 2.32. The van der Waals surface area contributed by atoms with Crippen LogP contribution in [0.5, 0.6) is 5.75 Å². The molecule has 11 heteroatoms. The van der Waals surface area contributed by atoms with E-state index in [1.807, 2.05) is 6.07 Å². The van der Waals surface area contributed by atoms with Gasteiger partial charge in [-0.05, 0) is 82.1 Å². The summed E-state index contributed by atoms with van der Waals surface area (Å²) in [7, 11) is 5.39. The van der Waals surface area contributed by atoms with Crippen molar-refractivity contribution in [2.45, 2.75) is 56.7 Å². The van der Waals surface area contributed by atoms with E-state index < -0.39 is 24.5 Å². The lowest BCUT2D eigenvalue weighted by molar-refractivity contribution is -0.140. The molecule has 2 aromatic carbocycles. The average molecular weight is 567 g/mol. The van der Waals surface area contributed by atoms with Gasteiger partial charge in [-0.15, -0.1) is 0 Å². The molecule has 0 aliphatic heterocycles. The van der Waals surface area contributed by atoms with E-state index in [0.29, 0.717) is 16.9 Å². The molecule has 0 spiro atoms. The minimum Gasteiger partial charge on any atom is -0.495 e. The quantitative estimate of drug-likeness (QED) is 0.239. The largest absolute Gasteiger partial charge is 0.495 e. The van der Waals surface area contributed by atoms with E-state index in [1.165, 1.54) is 13.2 Å². The van der Waals surface area contributed by atoms with Gasteiger partial charge in [-0.1, -0.05) is 12.0 Å². The summed E-state index contributed by atoms with van der Waals surface area (Å²) >= 11 is 0. The fourth-order valence-electron chi connectivity index (χ4n) is 5.11. The fraction of sp³-hybridized carbons (Fsp3) is 0.448. The number of benzene rings is 2. The molecule has 0 bridgehead atoms. The first-order valence-electron chi connectivity index (χ1n) is 13.0. The predicted molar refractivity (Wildman–Crippen MR) is 145 cm³/mol. The van der Waals surface area contributed by atoms with Crippen molar-refractivity contribution in [2.24, 2.45) is 0 Å². The lowest BCUT2D eigenvalue weighted by Gasteiger charge is -2.33. The summed E-state index contributed by atoms with van der Waals surface area (Å²) in [6.07, 6.45) is -4.95. The van der Waals surface area contributed by atoms with E-state index in [2.05, 4.69) is 41.5 Å². The Balaban J connectivity index is 1.56. The number of nitrogens with one attached hydrogen (secondary N) is 2. The minimum atomic E-state index is -4.52. The van der Waals surface area contributed by atoms with Gasteiger partial charge < -0.3 is 24.8 Å². The highest BCUT2D eigenvalue weighted by molar-refractivity contribution is 5.94. The molecular weight excluding hydrogens is 534 g/mol. The smallest absolute Gasteiger partial charge is 0.416 e. The molecular formula is C29H32F6N4O. The molecule has 4 rings (SSSR count). The Morgan fingerprint density at radius 2 is 1.70 bits per heavy atom. The molecule has 1 aromatic heterocycles. The standard InChI is InChI=1S/C29H32F6N4O/c1-38(2)21-12-10-20(11-13-21)37-24-7-4-8-26-23(24)17-22(39(26)18-28(30,31)32)6-5-15-36-25-14-9-19(29(33,34)35)16-27(25)40-3/h4,7-9,14,16-17,20-21,36-37H,10-13,15,18H2,1-3H3/t20-,21-. The minimum absolute atomic E-state index is 0.0156. The van der Waals surface area contributed by atoms with Crippen LogP contribution < -0.4 is 15.4 Å². The van der Waals surface area contributed by atoms with Gasteiger partial charge in [0.25, 0.3) is 0 Å². The lowest BCUT2D eigenvalue weighted by Crippen LogP contribution is -2.36. The fourth-order valence-corrected chi connectivity index (χ4v) is 5.11. The van der Waals surface area contributed by atoms with Crippen molar-refractivity contribution in [2.75, 3.05) is 38.4 Å². The number of hydrogen-bond acceptors (Lipinski definition) is 4. The number of nitrogens with zero attached hydrogens (tertiary/aromatic N) is 2. The maximum Gasteiger partial charge on any atom is 0.416 e. The summed E-state index contributed by atoms with van der Waals surface area (Å²) in [5, 5.41) is 7.07. The topological polar surface area (TPSA) is 41.5 Å². The number of rotatable bonds is 7. The zero-order valence-electron chi connectivity index (χ0n) is 22.5. The van der Waals surface area contributed by atoms with Crippen LogP contribution in [0.15, 0.2) is 42.5 Å². The van der Waals surface area contributed by atoms with Crippen molar-refractivity contribution in [3.05, 3.63) is 53.7 Å². The Morgan fingerprint density at radius 3 is 2.33 bits per heavy atom. The molecule has 2 N–H and O–H groups in total. The van der Waals surface area contributed by atoms with E-state index in [9.17, 15) is 26.3 Å². The van der Waals surface area contributed by atoms with E-state index in [4.69, 9.17) is 4.74 Å². The normalized spacial score (nSPS) is 17.9. The van der Waals surface area contributed by atoms with Crippen molar-refractivity contribution < 1.29 is 31.1 Å². The number of anilines is 2. The van der Waals surface area contributed by atoms with Crippen molar-refractivity contribution in [1.82, 2.24) is 9.47 Å². The number of aromatic nitrogens is 1. The van der Waals surface area contributed by atoms with Crippen LogP contribution in [0.3, 0.4) is 0 Å². The third kappa shape index (κ3) is 7.16. The second kappa shape index (κ2) is 11.9. The van der Waals surface area contributed by atoms with E-state index in [1.54, 1.807) is 18.2 Å². The average Bonchev–Trinajstić information content (AvgIpc) is 3.23. The Morgan fingerprint density at radius 1 is 0.975 bits per heavy atom. The zero-order valence-corrected chi connectivity index (χ0v) is 22.5. The number of alkyl halides is 6. The monoisotopic (exact) mass is 566 g/mol. The van der Waals surface area contributed by atoms with Crippen LogP contribution in [0.1, 0.15) is 36.9 Å². The summed E-state index contributed by atoms with van der Waals surface area (Å²) < 4.78 is 85.7. The van der Waals surface area contributed by atoms with Crippen molar-refractivity contribution in [1.29, 1.82) is 0 Å². The van der Waals surface area contributed by atoms with Gasteiger partial charge in [-0.3, -0.25) is 0 Å². The Kier molecular flexibility index (Phi) is 8.78. The SMILES string of the molecule is COc1cc(C(F)(F)F)ccc1NCC#Cc1cc2c(N[C@H]3CC[C@H](N(C)C)CC3)cccc2n1CC(F)(F)F.